The van der Waals surface area contributed by atoms with Gasteiger partial charge >= 0.3 is 0 Å². The first kappa shape index (κ1) is 27.1. The summed E-state index contributed by atoms with van der Waals surface area (Å²) in [6, 6.07) is -1.19. The third-order valence-corrected chi connectivity index (χ3v) is 8.75. The summed E-state index contributed by atoms with van der Waals surface area (Å²) >= 11 is 0. The summed E-state index contributed by atoms with van der Waals surface area (Å²) in [5, 5.41) is 37.1. The molecule has 9 atom stereocenters. The Labute approximate surface area is 217 Å². The highest BCUT2D eigenvalue weighted by molar-refractivity contribution is 6.27. The smallest absolute Gasteiger partial charge is 0.259 e. The molecule has 8 heteroatoms. The van der Waals surface area contributed by atoms with Crippen molar-refractivity contribution in [3.63, 3.8) is 0 Å². The maximum atomic E-state index is 12.7. The molecule has 0 aromatic rings. The molecular formula is C29H38N2O6. The van der Waals surface area contributed by atoms with Gasteiger partial charge < -0.3 is 26.0 Å². The number of Topliss-reactive ketones (excluding diaryl/α,β-unsaturated/α-hetero) is 1. The van der Waals surface area contributed by atoms with Gasteiger partial charge in [0, 0.05) is 12.6 Å². The van der Waals surface area contributed by atoms with E-state index in [1.807, 2.05) is 6.08 Å². The molecule has 2 bridgehead atoms. The molecule has 0 unspecified atom stereocenters. The maximum Gasteiger partial charge on any atom is 0.259 e. The molecule has 2 aliphatic heterocycles. The van der Waals surface area contributed by atoms with Crippen molar-refractivity contribution in [2.75, 3.05) is 6.54 Å². The summed E-state index contributed by atoms with van der Waals surface area (Å²) in [6.45, 7) is 4.63. The van der Waals surface area contributed by atoms with Crippen LogP contribution in [0.4, 0.5) is 0 Å². The van der Waals surface area contributed by atoms with E-state index in [0.29, 0.717) is 23.7 Å². The number of nitrogens with one attached hydrogen (secondary N) is 2. The normalized spacial score (nSPS) is 44.3. The first-order valence-corrected chi connectivity index (χ1v) is 13.3. The fourth-order valence-corrected chi connectivity index (χ4v) is 6.96. The summed E-state index contributed by atoms with van der Waals surface area (Å²) in [7, 11) is 0. The third kappa shape index (κ3) is 5.65. The summed E-state index contributed by atoms with van der Waals surface area (Å²) in [4.78, 5) is 37.2. The molecule has 5 N–H and O–H groups in total. The number of aliphatic hydroxyl groups excluding tert-OH is 3. The Hall–Kier alpha value is -2.97. The van der Waals surface area contributed by atoms with Crippen molar-refractivity contribution in [1.29, 1.82) is 0 Å². The van der Waals surface area contributed by atoms with Crippen LogP contribution in [0.1, 0.15) is 39.5 Å². The minimum absolute atomic E-state index is 0.0293. The fraction of sp³-hybridized carbons (Fsp3) is 0.552. The second kappa shape index (κ2) is 11.6. The molecule has 4 rings (SSSR count). The molecule has 0 aromatic carbocycles. The summed E-state index contributed by atoms with van der Waals surface area (Å²) < 4.78 is 0. The summed E-state index contributed by atoms with van der Waals surface area (Å²) in [6.07, 6.45) is 14.5. The second-order valence-corrected chi connectivity index (χ2v) is 10.8. The first-order valence-electron chi connectivity index (χ1n) is 13.3. The Kier molecular flexibility index (Phi) is 8.49. The Morgan fingerprint density at radius 2 is 1.70 bits per heavy atom. The molecule has 0 aromatic heterocycles. The van der Waals surface area contributed by atoms with Crippen molar-refractivity contribution in [2.24, 2.45) is 35.5 Å². The average molecular weight is 511 g/mol. The number of amides is 2. The van der Waals surface area contributed by atoms with Gasteiger partial charge in [0.05, 0.1) is 12.2 Å². The van der Waals surface area contributed by atoms with E-state index in [9.17, 15) is 29.7 Å². The average Bonchev–Trinajstić information content (AvgIpc) is 3.48. The van der Waals surface area contributed by atoms with Gasteiger partial charge in [0.25, 0.3) is 5.91 Å². The largest absolute Gasteiger partial charge is 0.507 e. The number of hydrogen-bond donors (Lipinski definition) is 5. The van der Waals surface area contributed by atoms with Crippen molar-refractivity contribution in [3.05, 3.63) is 59.9 Å². The highest BCUT2D eigenvalue weighted by Gasteiger charge is 2.52. The Morgan fingerprint density at radius 3 is 2.46 bits per heavy atom. The van der Waals surface area contributed by atoms with Crippen molar-refractivity contribution >= 4 is 17.6 Å². The SMILES string of the molecule is CC[C@H]1C[C@@H]2C[C@@H]3/C=C\C=C/C(=O)NCC[C@H](O)[C@@H]4NC(=O)/C(=C(O)/C=C\C=C/[C@H](O)[C@H]3[C@@H]2[C@H]1C)C4=O. The van der Waals surface area contributed by atoms with E-state index >= 15 is 0 Å². The predicted molar refractivity (Wildman–Crippen MR) is 139 cm³/mol. The molecule has 8 nitrogen and oxygen atoms in total. The van der Waals surface area contributed by atoms with E-state index in [0.717, 1.165) is 12.8 Å². The molecule has 2 saturated carbocycles. The lowest BCUT2D eigenvalue weighted by Crippen LogP contribution is -2.42. The van der Waals surface area contributed by atoms with Gasteiger partial charge in [-0.15, -0.1) is 0 Å². The van der Waals surface area contributed by atoms with Crippen molar-refractivity contribution in [1.82, 2.24) is 10.6 Å². The van der Waals surface area contributed by atoms with Crippen LogP contribution < -0.4 is 10.6 Å². The van der Waals surface area contributed by atoms with Crippen molar-refractivity contribution in [2.45, 2.75) is 57.8 Å². The molecule has 0 radical (unpaired) electrons. The molecule has 0 spiro atoms. The van der Waals surface area contributed by atoms with E-state index in [-0.39, 0.29) is 30.7 Å². The number of carbonyl (C=O) groups excluding carboxylic acids is 3. The van der Waals surface area contributed by atoms with Crippen LogP contribution in [-0.2, 0) is 14.4 Å². The standard InChI is InChI=1S/C29H38N2O6/c1-3-17-14-19-15-18-8-4-7-11-23(35)30-13-12-22(34)27-28(36)26(29(37)31-27)21(33)10-6-5-9-20(32)25(18)24(19)16(17)2/h4-11,16-20,22,24-25,27,32-34H,3,12-15H2,1-2H3,(H,30,35)(H,31,37)/b8-4-,9-5-,10-6-,11-7-,26-21-/t16-,17-,18-,19+,20-,22-,24+,25-,27-/m0/s1. The van der Waals surface area contributed by atoms with Crippen LogP contribution in [0.15, 0.2) is 59.9 Å². The Bertz CT molecular complexity index is 1060. The molecule has 3 fully saturated rings. The minimum Gasteiger partial charge on any atom is -0.507 e. The molecule has 4 aliphatic rings. The second-order valence-electron chi connectivity index (χ2n) is 10.8. The molecule has 1 saturated heterocycles. The van der Waals surface area contributed by atoms with Crippen molar-refractivity contribution < 1.29 is 29.7 Å². The third-order valence-electron chi connectivity index (χ3n) is 8.75. The number of hydrogen-bond acceptors (Lipinski definition) is 6. The van der Waals surface area contributed by atoms with Gasteiger partial charge in [0.1, 0.15) is 17.4 Å². The maximum absolute atomic E-state index is 12.7. The van der Waals surface area contributed by atoms with E-state index in [4.69, 9.17) is 0 Å². The van der Waals surface area contributed by atoms with Crippen LogP contribution in [-0.4, -0.2) is 57.7 Å². The molecule has 2 aliphatic carbocycles. The quantitative estimate of drug-likeness (QED) is 0.344. The molecular weight excluding hydrogens is 472 g/mol. The van der Waals surface area contributed by atoms with E-state index in [2.05, 4.69) is 30.6 Å². The lowest BCUT2D eigenvalue weighted by atomic mass is 9.76. The number of rotatable bonds is 1. The lowest BCUT2D eigenvalue weighted by molar-refractivity contribution is -0.118. The van der Waals surface area contributed by atoms with Crippen LogP contribution in [0.2, 0.25) is 0 Å². The Balaban J connectivity index is 1.62. The van der Waals surface area contributed by atoms with Gasteiger partial charge in [-0.1, -0.05) is 56.7 Å². The van der Waals surface area contributed by atoms with Crippen LogP contribution in [0, 0.1) is 35.5 Å². The van der Waals surface area contributed by atoms with Gasteiger partial charge in [-0.3, -0.25) is 14.4 Å². The number of allylic oxidation sites excluding steroid dienone is 6. The van der Waals surface area contributed by atoms with Crippen molar-refractivity contribution in [3.8, 4) is 0 Å². The topological polar surface area (TPSA) is 136 Å². The highest BCUT2D eigenvalue weighted by Crippen LogP contribution is 2.57. The summed E-state index contributed by atoms with van der Waals surface area (Å²) in [5.74, 6) is 0.00864. The number of carbonyl (C=O) groups is 3. The molecule has 2 heterocycles. The lowest BCUT2D eigenvalue weighted by Gasteiger charge is -2.30. The van der Waals surface area contributed by atoms with Crippen LogP contribution in [0.5, 0.6) is 0 Å². The molecule has 37 heavy (non-hydrogen) atoms. The zero-order valence-electron chi connectivity index (χ0n) is 21.4. The zero-order chi connectivity index (χ0) is 26.7. The number of fused-ring (bicyclic) bond motifs is 5. The van der Waals surface area contributed by atoms with E-state index in [1.165, 1.54) is 24.6 Å². The van der Waals surface area contributed by atoms with Gasteiger partial charge in [0.2, 0.25) is 5.91 Å². The van der Waals surface area contributed by atoms with E-state index < -0.39 is 41.3 Å². The van der Waals surface area contributed by atoms with Gasteiger partial charge in [-0.25, -0.2) is 0 Å². The highest BCUT2D eigenvalue weighted by atomic mass is 16.3. The minimum atomic E-state index is -1.22. The first-order chi connectivity index (χ1) is 17.7. The van der Waals surface area contributed by atoms with Gasteiger partial charge in [-0.05, 0) is 60.8 Å². The van der Waals surface area contributed by atoms with Crippen LogP contribution >= 0.6 is 0 Å². The number of ketones is 1. The predicted octanol–water partition coefficient (Wildman–Crippen LogP) is 2.27. The Morgan fingerprint density at radius 1 is 0.973 bits per heavy atom. The van der Waals surface area contributed by atoms with Crippen LogP contribution in [0.3, 0.4) is 0 Å². The van der Waals surface area contributed by atoms with E-state index in [1.54, 1.807) is 18.2 Å². The number of aliphatic hydroxyl groups is 3. The molecule has 200 valence electrons. The van der Waals surface area contributed by atoms with Gasteiger partial charge in [0.15, 0.2) is 5.78 Å². The monoisotopic (exact) mass is 510 g/mol. The zero-order valence-corrected chi connectivity index (χ0v) is 21.4. The van der Waals surface area contributed by atoms with Gasteiger partial charge in [-0.2, -0.15) is 0 Å². The molecule has 2 amide bonds. The summed E-state index contributed by atoms with van der Waals surface area (Å²) in [5.41, 5.74) is -0.412. The fourth-order valence-electron chi connectivity index (χ4n) is 6.96. The van der Waals surface area contributed by atoms with Crippen LogP contribution in [0.25, 0.3) is 0 Å².